The quantitative estimate of drug-likeness (QED) is 0.756. The lowest BCUT2D eigenvalue weighted by Gasteiger charge is -2.16. The second-order valence-electron chi connectivity index (χ2n) is 8.14. The minimum Gasteiger partial charge on any atom is -0.338 e. The molecule has 0 unspecified atom stereocenters. The minimum absolute atomic E-state index is 0.0937. The first kappa shape index (κ1) is 20.8. The van der Waals surface area contributed by atoms with Crippen LogP contribution in [0, 0.1) is 24.2 Å². The zero-order valence-corrected chi connectivity index (χ0v) is 18.1. The smallest absolute Gasteiger partial charge is 0.224 e. The van der Waals surface area contributed by atoms with Gasteiger partial charge in [-0.15, -0.1) is 0 Å². The average Bonchev–Trinajstić information content (AvgIpc) is 3.30. The molecule has 0 bridgehead atoms. The van der Waals surface area contributed by atoms with Gasteiger partial charge in [-0.05, 0) is 62.8 Å². The zero-order chi connectivity index (χ0) is 21.5. The summed E-state index contributed by atoms with van der Waals surface area (Å²) in [7, 11) is -3.67. The average molecular weight is 444 g/mol. The maximum atomic E-state index is 13.2. The molecule has 2 aromatic rings. The third kappa shape index (κ3) is 3.82. The maximum Gasteiger partial charge on any atom is 0.224 e. The summed E-state index contributed by atoms with van der Waals surface area (Å²) in [6, 6.07) is 10.8. The number of halogens is 1. The van der Waals surface area contributed by atoms with E-state index in [1.807, 2.05) is 19.1 Å². The van der Waals surface area contributed by atoms with Crippen molar-refractivity contribution in [3.05, 3.63) is 47.2 Å². The highest BCUT2D eigenvalue weighted by atomic mass is 35.5. The number of benzene rings is 1. The van der Waals surface area contributed by atoms with Crippen molar-refractivity contribution in [2.75, 3.05) is 0 Å². The van der Waals surface area contributed by atoms with Crippen molar-refractivity contribution in [1.29, 1.82) is 5.26 Å². The van der Waals surface area contributed by atoms with Crippen LogP contribution in [0.5, 0.6) is 0 Å². The molecule has 0 saturated heterocycles. The SMILES string of the molecule is Cc1ncccc1-c1ccc(S(=O)(=O)[C@H]2CC[C@H](C(=O)NC3(C#N)CC3)C2)c(Cl)c1. The summed E-state index contributed by atoms with van der Waals surface area (Å²) in [4.78, 5) is 16.8. The first-order valence-corrected chi connectivity index (χ1v) is 11.9. The van der Waals surface area contributed by atoms with Crippen LogP contribution in [0.3, 0.4) is 0 Å². The lowest BCUT2D eigenvalue weighted by molar-refractivity contribution is -0.125. The van der Waals surface area contributed by atoms with Gasteiger partial charge >= 0.3 is 0 Å². The van der Waals surface area contributed by atoms with E-state index in [0.717, 1.165) is 16.8 Å². The van der Waals surface area contributed by atoms with Crippen molar-refractivity contribution in [3.8, 4) is 17.2 Å². The third-order valence-corrected chi connectivity index (χ3v) is 8.78. The molecular formula is C22H22ClN3O3S. The second-order valence-corrected chi connectivity index (χ2v) is 10.7. The molecule has 1 aromatic heterocycles. The van der Waals surface area contributed by atoms with Crippen molar-refractivity contribution in [1.82, 2.24) is 10.3 Å². The molecule has 0 aliphatic heterocycles. The van der Waals surface area contributed by atoms with Gasteiger partial charge in [-0.3, -0.25) is 9.78 Å². The van der Waals surface area contributed by atoms with Crippen LogP contribution in [-0.2, 0) is 14.6 Å². The van der Waals surface area contributed by atoms with Gasteiger partial charge in [0.1, 0.15) is 5.54 Å². The summed E-state index contributed by atoms with van der Waals surface area (Å²) in [5, 5.41) is 11.5. The normalized spacial score (nSPS) is 22.3. The van der Waals surface area contributed by atoms with Gasteiger partial charge in [-0.25, -0.2) is 8.42 Å². The number of hydrogen-bond donors (Lipinski definition) is 1. The number of amides is 1. The number of aromatic nitrogens is 1. The molecule has 1 N–H and O–H groups in total. The molecule has 0 radical (unpaired) electrons. The van der Waals surface area contributed by atoms with Crippen LogP contribution >= 0.6 is 11.6 Å². The number of nitrogens with zero attached hydrogens (tertiary/aromatic N) is 2. The number of nitriles is 1. The predicted octanol–water partition coefficient (Wildman–Crippen LogP) is 3.83. The predicted molar refractivity (Wildman–Crippen MR) is 113 cm³/mol. The second kappa shape index (κ2) is 7.68. The molecule has 6 nitrogen and oxygen atoms in total. The third-order valence-electron chi connectivity index (χ3n) is 6.08. The van der Waals surface area contributed by atoms with E-state index in [2.05, 4.69) is 16.4 Å². The molecule has 0 spiro atoms. The molecule has 8 heteroatoms. The Balaban J connectivity index is 1.52. The number of sulfone groups is 1. The van der Waals surface area contributed by atoms with Crippen LogP contribution in [0.2, 0.25) is 5.02 Å². The molecule has 156 valence electrons. The van der Waals surface area contributed by atoms with Gasteiger partial charge in [0, 0.05) is 23.4 Å². The Bertz CT molecular complexity index is 1150. The van der Waals surface area contributed by atoms with Crippen molar-refractivity contribution >= 4 is 27.3 Å². The van der Waals surface area contributed by atoms with Crippen molar-refractivity contribution in [2.24, 2.45) is 5.92 Å². The lowest BCUT2D eigenvalue weighted by atomic mass is 10.1. The highest BCUT2D eigenvalue weighted by molar-refractivity contribution is 7.92. The van der Waals surface area contributed by atoms with Gasteiger partial charge in [-0.2, -0.15) is 5.26 Å². The Hall–Kier alpha value is -2.43. The maximum absolute atomic E-state index is 13.2. The molecule has 2 fully saturated rings. The number of carbonyl (C=O) groups is 1. The fourth-order valence-corrected chi connectivity index (χ4v) is 6.44. The molecule has 2 saturated carbocycles. The molecule has 1 heterocycles. The van der Waals surface area contributed by atoms with E-state index in [9.17, 15) is 13.2 Å². The Labute approximate surface area is 181 Å². The molecule has 2 aliphatic carbocycles. The minimum atomic E-state index is -3.67. The van der Waals surface area contributed by atoms with Gasteiger partial charge in [0.15, 0.2) is 9.84 Å². The molecule has 1 aromatic carbocycles. The van der Waals surface area contributed by atoms with E-state index in [4.69, 9.17) is 16.9 Å². The lowest BCUT2D eigenvalue weighted by Crippen LogP contribution is -2.39. The summed E-state index contributed by atoms with van der Waals surface area (Å²) in [5.74, 6) is -0.619. The van der Waals surface area contributed by atoms with Crippen LogP contribution in [0.15, 0.2) is 41.4 Å². The Kier molecular flexibility index (Phi) is 5.33. The van der Waals surface area contributed by atoms with Gasteiger partial charge < -0.3 is 5.32 Å². The standard InChI is InChI=1S/C22H22ClN3O3S/c1-14-18(3-2-10-25-14)15-5-7-20(19(23)12-15)30(28,29)17-6-4-16(11-17)21(27)26-22(13-24)8-9-22/h2-3,5,7,10,12,16-17H,4,6,8-9,11H2,1H3,(H,26,27)/t16-,17-/m0/s1. The first-order chi connectivity index (χ1) is 14.3. The van der Waals surface area contributed by atoms with Gasteiger partial charge in [0.25, 0.3) is 0 Å². The monoisotopic (exact) mass is 443 g/mol. The summed E-state index contributed by atoms with van der Waals surface area (Å²) in [5.41, 5.74) is 1.80. The number of aryl methyl sites for hydroxylation is 1. The van der Waals surface area contributed by atoms with Gasteiger partial charge in [0.2, 0.25) is 5.91 Å². The van der Waals surface area contributed by atoms with Crippen LogP contribution in [0.1, 0.15) is 37.8 Å². The topological polar surface area (TPSA) is 99.9 Å². The summed E-state index contributed by atoms with van der Waals surface area (Å²) in [6.45, 7) is 1.88. The number of nitrogens with one attached hydrogen (secondary N) is 1. The highest BCUT2D eigenvalue weighted by Crippen LogP contribution is 2.39. The van der Waals surface area contributed by atoms with Gasteiger partial charge in [-0.1, -0.05) is 23.7 Å². The van der Waals surface area contributed by atoms with Crippen LogP contribution in [0.25, 0.3) is 11.1 Å². The number of pyridine rings is 1. The first-order valence-electron chi connectivity index (χ1n) is 9.94. The van der Waals surface area contributed by atoms with E-state index >= 15 is 0 Å². The van der Waals surface area contributed by atoms with E-state index in [-0.39, 0.29) is 22.2 Å². The van der Waals surface area contributed by atoms with E-state index in [0.29, 0.717) is 25.7 Å². The van der Waals surface area contributed by atoms with E-state index in [1.54, 1.807) is 24.4 Å². The summed E-state index contributed by atoms with van der Waals surface area (Å²) >= 11 is 6.39. The van der Waals surface area contributed by atoms with Gasteiger partial charge in [0.05, 0.1) is 21.2 Å². The summed E-state index contributed by atoms with van der Waals surface area (Å²) in [6.07, 6.45) is 4.15. The number of rotatable bonds is 5. The molecule has 1 amide bonds. The van der Waals surface area contributed by atoms with Crippen LogP contribution in [-0.4, -0.2) is 30.1 Å². The van der Waals surface area contributed by atoms with Crippen molar-refractivity contribution in [2.45, 2.75) is 54.7 Å². The van der Waals surface area contributed by atoms with E-state index in [1.165, 1.54) is 0 Å². The number of carbonyl (C=O) groups excluding carboxylic acids is 1. The molecule has 4 rings (SSSR count). The van der Waals surface area contributed by atoms with Crippen molar-refractivity contribution < 1.29 is 13.2 Å². The van der Waals surface area contributed by atoms with Crippen LogP contribution < -0.4 is 5.32 Å². The fraction of sp³-hybridized carbons (Fsp3) is 0.409. The highest BCUT2D eigenvalue weighted by Gasteiger charge is 2.47. The van der Waals surface area contributed by atoms with E-state index < -0.39 is 26.5 Å². The fourth-order valence-electron chi connectivity index (χ4n) is 4.06. The molecular weight excluding hydrogens is 422 g/mol. The molecule has 30 heavy (non-hydrogen) atoms. The Morgan fingerprint density at radius 1 is 1.30 bits per heavy atom. The van der Waals surface area contributed by atoms with Crippen molar-refractivity contribution in [3.63, 3.8) is 0 Å². The summed E-state index contributed by atoms with van der Waals surface area (Å²) < 4.78 is 26.4. The molecule has 2 aliphatic rings. The molecule has 2 atom stereocenters. The zero-order valence-electron chi connectivity index (χ0n) is 16.6. The Morgan fingerprint density at radius 2 is 2.07 bits per heavy atom. The number of hydrogen-bond acceptors (Lipinski definition) is 5. The largest absolute Gasteiger partial charge is 0.338 e. The van der Waals surface area contributed by atoms with Crippen LogP contribution in [0.4, 0.5) is 0 Å². The Morgan fingerprint density at radius 3 is 2.70 bits per heavy atom.